The number of nitriles is 2. The van der Waals surface area contributed by atoms with Gasteiger partial charge in [0.25, 0.3) is 0 Å². The number of rotatable bonds is 4. The van der Waals surface area contributed by atoms with Crippen LogP contribution in [0.25, 0.3) is 11.6 Å². The number of aromatic hydroxyl groups is 1. The van der Waals surface area contributed by atoms with Crippen LogP contribution in [0.4, 0.5) is 0 Å². The number of hydrogen-bond donors (Lipinski definition) is 1. The van der Waals surface area contributed by atoms with Gasteiger partial charge in [0.2, 0.25) is 0 Å². The van der Waals surface area contributed by atoms with Crippen LogP contribution < -0.4 is 4.74 Å². The van der Waals surface area contributed by atoms with Gasteiger partial charge in [-0.1, -0.05) is 23.7 Å². The Bertz CT molecular complexity index is 828. The summed E-state index contributed by atoms with van der Waals surface area (Å²) in [6, 6.07) is 14.0. The monoisotopic (exact) mass is 324 g/mol. The van der Waals surface area contributed by atoms with Gasteiger partial charge < -0.3 is 9.84 Å². The Labute approximate surface area is 139 Å². The number of ether oxygens (including phenoxy) is 1. The van der Waals surface area contributed by atoms with Crippen molar-refractivity contribution in [3.05, 3.63) is 58.1 Å². The zero-order valence-corrected chi connectivity index (χ0v) is 13.1. The SMILES string of the molecule is CCOc1cc(/C=C(/C#N)c2ccc(C#N)cc2)cc(Cl)c1O. The zero-order valence-electron chi connectivity index (χ0n) is 12.4. The van der Waals surface area contributed by atoms with E-state index < -0.39 is 0 Å². The van der Waals surface area contributed by atoms with Gasteiger partial charge in [0.15, 0.2) is 11.5 Å². The largest absolute Gasteiger partial charge is 0.503 e. The number of phenolic OH excluding ortho intramolecular Hbond substituents is 1. The Hall–Kier alpha value is -2.95. The van der Waals surface area contributed by atoms with E-state index in [0.29, 0.717) is 28.9 Å². The first kappa shape index (κ1) is 16.4. The second-order valence-corrected chi connectivity index (χ2v) is 5.05. The number of hydrogen-bond acceptors (Lipinski definition) is 4. The van der Waals surface area contributed by atoms with Crippen LogP contribution in [-0.2, 0) is 0 Å². The fourth-order valence-corrected chi connectivity index (χ4v) is 2.23. The van der Waals surface area contributed by atoms with Crippen LogP contribution in [0.1, 0.15) is 23.6 Å². The summed E-state index contributed by atoms with van der Waals surface area (Å²) in [6.07, 6.45) is 1.65. The first-order valence-corrected chi connectivity index (χ1v) is 7.24. The predicted molar refractivity (Wildman–Crippen MR) is 88.9 cm³/mol. The van der Waals surface area contributed by atoms with Crippen molar-refractivity contribution in [2.24, 2.45) is 0 Å². The number of phenols is 1. The van der Waals surface area contributed by atoms with Crippen molar-refractivity contribution >= 4 is 23.3 Å². The highest BCUT2D eigenvalue weighted by molar-refractivity contribution is 6.32. The van der Waals surface area contributed by atoms with E-state index in [2.05, 4.69) is 6.07 Å². The van der Waals surface area contributed by atoms with Crippen LogP contribution in [0.5, 0.6) is 11.5 Å². The Balaban J connectivity index is 2.45. The molecule has 0 fully saturated rings. The first-order chi connectivity index (χ1) is 11.1. The maximum absolute atomic E-state index is 9.85. The third kappa shape index (κ3) is 3.83. The van der Waals surface area contributed by atoms with Crippen LogP contribution in [0, 0.1) is 22.7 Å². The Morgan fingerprint density at radius 3 is 2.52 bits per heavy atom. The molecule has 0 heterocycles. The number of halogens is 1. The minimum absolute atomic E-state index is 0.123. The van der Waals surface area contributed by atoms with Crippen LogP contribution in [-0.4, -0.2) is 11.7 Å². The molecular formula is C18H13ClN2O2. The van der Waals surface area contributed by atoms with Gasteiger partial charge >= 0.3 is 0 Å². The fraction of sp³-hybridized carbons (Fsp3) is 0.111. The molecule has 1 N–H and O–H groups in total. The Morgan fingerprint density at radius 2 is 1.96 bits per heavy atom. The average Bonchev–Trinajstić information content (AvgIpc) is 2.57. The van der Waals surface area contributed by atoms with Crippen LogP contribution >= 0.6 is 11.6 Å². The van der Waals surface area contributed by atoms with Gasteiger partial charge in [-0.05, 0) is 48.4 Å². The van der Waals surface area contributed by atoms with Gasteiger partial charge in [-0.3, -0.25) is 0 Å². The van der Waals surface area contributed by atoms with Gasteiger partial charge in [0.1, 0.15) is 0 Å². The molecule has 0 aliphatic carbocycles. The van der Waals surface area contributed by atoms with E-state index >= 15 is 0 Å². The standard InChI is InChI=1S/C18H13ClN2O2/c1-2-23-17-9-13(8-16(19)18(17)22)7-15(11-21)14-5-3-12(10-20)4-6-14/h3-9,22H,2H2,1H3/b15-7-. The lowest BCUT2D eigenvalue weighted by molar-refractivity contribution is 0.318. The quantitative estimate of drug-likeness (QED) is 0.668. The highest BCUT2D eigenvalue weighted by Crippen LogP contribution is 2.36. The van der Waals surface area contributed by atoms with Gasteiger partial charge in [0, 0.05) is 0 Å². The molecule has 4 nitrogen and oxygen atoms in total. The third-order valence-corrected chi connectivity index (χ3v) is 3.40. The van der Waals surface area contributed by atoms with Gasteiger partial charge in [-0.25, -0.2) is 0 Å². The second-order valence-electron chi connectivity index (χ2n) is 4.64. The zero-order chi connectivity index (χ0) is 16.8. The van der Waals surface area contributed by atoms with E-state index in [0.717, 1.165) is 0 Å². The molecular weight excluding hydrogens is 312 g/mol. The number of benzene rings is 2. The van der Waals surface area contributed by atoms with Gasteiger partial charge in [-0.2, -0.15) is 10.5 Å². The van der Waals surface area contributed by atoms with E-state index in [1.54, 1.807) is 49.4 Å². The van der Waals surface area contributed by atoms with E-state index in [9.17, 15) is 10.4 Å². The molecule has 5 heteroatoms. The van der Waals surface area contributed by atoms with Gasteiger partial charge in [-0.15, -0.1) is 0 Å². The van der Waals surface area contributed by atoms with Gasteiger partial charge in [0.05, 0.1) is 34.9 Å². The van der Waals surface area contributed by atoms with Crippen molar-refractivity contribution in [1.29, 1.82) is 10.5 Å². The molecule has 0 saturated carbocycles. The molecule has 2 aromatic rings. The van der Waals surface area contributed by atoms with Crippen LogP contribution in [0.2, 0.25) is 5.02 Å². The summed E-state index contributed by atoms with van der Waals surface area (Å²) in [6.45, 7) is 2.19. The summed E-state index contributed by atoms with van der Waals surface area (Å²) in [5, 5.41) is 28.2. The molecule has 0 atom stereocenters. The lowest BCUT2D eigenvalue weighted by Gasteiger charge is -2.09. The minimum Gasteiger partial charge on any atom is -0.503 e. The molecule has 0 saturated heterocycles. The summed E-state index contributed by atoms with van der Waals surface area (Å²) >= 11 is 5.99. The molecule has 0 amide bonds. The maximum Gasteiger partial charge on any atom is 0.176 e. The molecule has 23 heavy (non-hydrogen) atoms. The molecule has 114 valence electrons. The second kappa shape index (κ2) is 7.35. The predicted octanol–water partition coefficient (Wildman–Crippen LogP) is 4.38. The van der Waals surface area contributed by atoms with E-state index in [1.807, 2.05) is 6.07 Å². The molecule has 0 radical (unpaired) electrons. The minimum atomic E-state index is -0.123. The summed E-state index contributed by atoms with van der Waals surface area (Å²) < 4.78 is 5.33. The number of allylic oxidation sites excluding steroid dienone is 1. The topological polar surface area (TPSA) is 77.0 Å². The van der Waals surface area contributed by atoms with Crippen molar-refractivity contribution < 1.29 is 9.84 Å². The summed E-state index contributed by atoms with van der Waals surface area (Å²) in [5.41, 5.74) is 2.27. The summed E-state index contributed by atoms with van der Waals surface area (Å²) in [5.74, 6) is 0.144. The molecule has 0 bridgehead atoms. The molecule has 0 aliphatic rings. The smallest absolute Gasteiger partial charge is 0.176 e. The molecule has 0 spiro atoms. The van der Waals surface area contributed by atoms with Crippen molar-refractivity contribution in [1.82, 2.24) is 0 Å². The van der Waals surface area contributed by atoms with E-state index in [-0.39, 0.29) is 16.5 Å². The van der Waals surface area contributed by atoms with Crippen LogP contribution in [0.3, 0.4) is 0 Å². The van der Waals surface area contributed by atoms with E-state index in [1.165, 1.54) is 0 Å². The third-order valence-electron chi connectivity index (χ3n) is 3.11. The lowest BCUT2D eigenvalue weighted by Crippen LogP contribution is -1.93. The van der Waals surface area contributed by atoms with Crippen molar-refractivity contribution in [3.8, 4) is 23.6 Å². The van der Waals surface area contributed by atoms with Crippen molar-refractivity contribution in [2.75, 3.05) is 6.61 Å². The maximum atomic E-state index is 9.85. The molecule has 0 unspecified atom stereocenters. The van der Waals surface area contributed by atoms with E-state index in [4.69, 9.17) is 21.6 Å². The highest BCUT2D eigenvalue weighted by Gasteiger charge is 2.10. The van der Waals surface area contributed by atoms with Crippen molar-refractivity contribution in [3.63, 3.8) is 0 Å². The summed E-state index contributed by atoms with van der Waals surface area (Å²) in [7, 11) is 0. The highest BCUT2D eigenvalue weighted by atomic mass is 35.5. The average molecular weight is 325 g/mol. The summed E-state index contributed by atoms with van der Waals surface area (Å²) in [4.78, 5) is 0. The lowest BCUT2D eigenvalue weighted by atomic mass is 10.0. The molecule has 0 aromatic heterocycles. The van der Waals surface area contributed by atoms with Crippen LogP contribution in [0.15, 0.2) is 36.4 Å². The number of nitrogens with zero attached hydrogens (tertiary/aromatic N) is 2. The molecule has 0 aliphatic heterocycles. The molecule has 2 aromatic carbocycles. The fourth-order valence-electron chi connectivity index (χ4n) is 2.01. The molecule has 2 rings (SSSR count). The Kier molecular flexibility index (Phi) is 5.25. The first-order valence-electron chi connectivity index (χ1n) is 6.86. The Morgan fingerprint density at radius 1 is 1.26 bits per heavy atom. The van der Waals surface area contributed by atoms with Crippen molar-refractivity contribution in [2.45, 2.75) is 6.92 Å². The normalized spacial score (nSPS) is 10.7.